The Balaban J connectivity index is 1.64. The van der Waals surface area contributed by atoms with Crippen molar-refractivity contribution >= 4 is 44.9 Å². The number of thiophene rings is 1. The number of hydrogen-bond acceptors (Lipinski definition) is 5. The number of thioether (sulfide) groups is 1. The Morgan fingerprint density at radius 1 is 1.21 bits per heavy atom. The van der Waals surface area contributed by atoms with Crippen LogP contribution >= 0.6 is 23.1 Å². The zero-order valence-corrected chi connectivity index (χ0v) is 19.9. The van der Waals surface area contributed by atoms with Crippen LogP contribution in [0.25, 0.3) is 21.3 Å². The van der Waals surface area contributed by atoms with Gasteiger partial charge >= 0.3 is 0 Å². The van der Waals surface area contributed by atoms with E-state index in [1.807, 2.05) is 24.4 Å². The molecule has 33 heavy (non-hydrogen) atoms. The highest BCUT2D eigenvalue weighted by Gasteiger charge is 2.18. The first-order valence-corrected chi connectivity index (χ1v) is 12.1. The van der Waals surface area contributed by atoms with E-state index in [1.54, 1.807) is 10.6 Å². The largest absolute Gasteiger partial charge is 0.325 e. The normalized spacial score (nSPS) is 11.0. The summed E-state index contributed by atoms with van der Waals surface area (Å²) in [6, 6.07) is 11.7. The molecule has 1 N–H and O–H groups in total. The van der Waals surface area contributed by atoms with Gasteiger partial charge in [-0.3, -0.25) is 14.2 Å². The monoisotopic (exact) mass is 479 g/mol. The fraction of sp³-hybridized carbons (Fsp3) is 0.160. The minimum Gasteiger partial charge on any atom is -0.325 e. The zero-order chi connectivity index (χ0) is 23.5. The molecule has 5 nitrogen and oxygen atoms in total. The van der Waals surface area contributed by atoms with Gasteiger partial charge in [-0.1, -0.05) is 36.0 Å². The van der Waals surface area contributed by atoms with Gasteiger partial charge < -0.3 is 5.32 Å². The quantitative estimate of drug-likeness (QED) is 0.207. The van der Waals surface area contributed by atoms with E-state index in [2.05, 4.69) is 24.9 Å². The number of nitrogens with one attached hydrogen (secondary N) is 1. The second kappa shape index (κ2) is 9.72. The third-order valence-electron chi connectivity index (χ3n) is 5.25. The Morgan fingerprint density at radius 2 is 1.97 bits per heavy atom. The molecule has 0 aliphatic rings. The fourth-order valence-corrected chi connectivity index (χ4v) is 5.18. The summed E-state index contributed by atoms with van der Waals surface area (Å²) in [5.41, 5.74) is 4.54. The highest BCUT2D eigenvalue weighted by molar-refractivity contribution is 7.99. The van der Waals surface area contributed by atoms with Gasteiger partial charge in [-0.15, -0.1) is 17.9 Å². The highest BCUT2D eigenvalue weighted by atomic mass is 32.2. The number of aryl methyl sites for hydroxylation is 2. The van der Waals surface area contributed by atoms with E-state index in [0.717, 1.165) is 16.7 Å². The lowest BCUT2D eigenvalue weighted by Crippen LogP contribution is -2.23. The average molecular weight is 480 g/mol. The molecule has 0 spiro atoms. The average Bonchev–Trinajstić information content (AvgIpc) is 3.22. The Bertz CT molecular complexity index is 1410. The number of carbonyl (C=O) groups excluding carboxylic acids is 1. The lowest BCUT2D eigenvalue weighted by atomic mass is 10.0. The molecule has 0 unspecified atom stereocenters. The number of carbonyl (C=O) groups is 1. The van der Waals surface area contributed by atoms with E-state index in [-0.39, 0.29) is 29.6 Å². The van der Waals surface area contributed by atoms with Crippen molar-refractivity contribution in [2.45, 2.75) is 25.5 Å². The molecule has 2 aromatic carbocycles. The molecule has 0 fully saturated rings. The van der Waals surface area contributed by atoms with Crippen molar-refractivity contribution in [2.75, 3.05) is 11.1 Å². The van der Waals surface area contributed by atoms with Gasteiger partial charge in [0.1, 0.15) is 10.6 Å². The van der Waals surface area contributed by atoms with Gasteiger partial charge in [0, 0.05) is 23.2 Å². The molecular weight excluding hydrogens is 457 g/mol. The van der Waals surface area contributed by atoms with E-state index >= 15 is 0 Å². The van der Waals surface area contributed by atoms with E-state index in [1.165, 1.54) is 52.9 Å². The third kappa shape index (κ3) is 4.91. The minimum absolute atomic E-state index is 0.0574. The zero-order valence-electron chi connectivity index (χ0n) is 18.2. The summed E-state index contributed by atoms with van der Waals surface area (Å²) in [6.07, 6.45) is 1.64. The number of halogens is 1. The maximum Gasteiger partial charge on any atom is 0.263 e. The smallest absolute Gasteiger partial charge is 0.263 e. The first kappa shape index (κ1) is 22.9. The topological polar surface area (TPSA) is 64.0 Å². The summed E-state index contributed by atoms with van der Waals surface area (Å²) >= 11 is 2.59. The molecular formula is C25H22FN3O2S2. The molecule has 4 rings (SSSR count). The van der Waals surface area contributed by atoms with E-state index in [0.29, 0.717) is 21.1 Å². The molecule has 0 aliphatic carbocycles. The van der Waals surface area contributed by atoms with Gasteiger partial charge in [0.15, 0.2) is 5.16 Å². The van der Waals surface area contributed by atoms with Crippen molar-refractivity contribution in [1.29, 1.82) is 0 Å². The summed E-state index contributed by atoms with van der Waals surface area (Å²) < 4.78 is 14.6. The van der Waals surface area contributed by atoms with Crippen LogP contribution in [0.4, 0.5) is 10.1 Å². The summed E-state index contributed by atoms with van der Waals surface area (Å²) in [6.45, 7) is 8.15. The highest BCUT2D eigenvalue weighted by Crippen LogP contribution is 2.33. The van der Waals surface area contributed by atoms with E-state index in [4.69, 9.17) is 4.98 Å². The van der Waals surface area contributed by atoms with Crippen LogP contribution in [-0.2, 0) is 11.3 Å². The fourth-order valence-electron chi connectivity index (χ4n) is 3.39. The number of aromatic nitrogens is 2. The maximum atomic E-state index is 13.4. The number of rotatable bonds is 7. The molecule has 2 aromatic heterocycles. The van der Waals surface area contributed by atoms with Crippen molar-refractivity contribution in [3.8, 4) is 11.1 Å². The predicted molar refractivity (Wildman–Crippen MR) is 135 cm³/mol. The van der Waals surface area contributed by atoms with Crippen molar-refractivity contribution in [1.82, 2.24) is 9.55 Å². The Labute approximate surface area is 199 Å². The van der Waals surface area contributed by atoms with Gasteiger partial charge in [-0.2, -0.15) is 0 Å². The van der Waals surface area contributed by atoms with Crippen molar-refractivity contribution in [3.05, 3.63) is 87.8 Å². The van der Waals surface area contributed by atoms with Gasteiger partial charge in [0.05, 0.1) is 11.1 Å². The standard InChI is InChI=1S/C25H22FN3O2S2/c1-4-11-29-24(31)22-20(17-6-5-15(2)16(3)12-17)13-32-23(22)28-25(29)33-14-21(30)27-19-9-7-18(26)8-10-19/h4-10,12-13H,1,11,14H2,2-3H3,(H,27,30). The van der Waals surface area contributed by atoms with Crippen LogP contribution in [0.2, 0.25) is 0 Å². The number of nitrogens with zero attached hydrogens (tertiary/aromatic N) is 2. The number of amides is 1. The Morgan fingerprint density at radius 3 is 2.67 bits per heavy atom. The van der Waals surface area contributed by atoms with Crippen LogP contribution in [0.1, 0.15) is 11.1 Å². The van der Waals surface area contributed by atoms with Crippen molar-refractivity contribution < 1.29 is 9.18 Å². The molecule has 2 heterocycles. The Hall–Kier alpha value is -3.23. The first-order chi connectivity index (χ1) is 15.9. The summed E-state index contributed by atoms with van der Waals surface area (Å²) in [5.74, 6) is -0.584. The molecule has 0 saturated heterocycles. The number of fused-ring (bicyclic) bond motifs is 1. The molecule has 0 aliphatic heterocycles. The number of anilines is 1. The summed E-state index contributed by atoms with van der Waals surface area (Å²) in [4.78, 5) is 31.2. The van der Waals surface area contributed by atoms with E-state index < -0.39 is 0 Å². The summed E-state index contributed by atoms with van der Waals surface area (Å²) in [7, 11) is 0. The number of hydrogen-bond donors (Lipinski definition) is 1. The number of benzene rings is 2. The van der Waals surface area contributed by atoms with Crippen LogP contribution in [-0.4, -0.2) is 21.2 Å². The molecule has 0 bridgehead atoms. The molecule has 4 aromatic rings. The molecule has 1 amide bonds. The van der Waals surface area contributed by atoms with Crippen LogP contribution in [0.15, 0.2) is 70.5 Å². The lowest BCUT2D eigenvalue weighted by Gasteiger charge is -2.11. The Kier molecular flexibility index (Phi) is 6.76. The lowest BCUT2D eigenvalue weighted by molar-refractivity contribution is -0.113. The molecule has 0 saturated carbocycles. The molecule has 168 valence electrons. The van der Waals surface area contributed by atoms with Crippen LogP contribution < -0.4 is 10.9 Å². The van der Waals surface area contributed by atoms with Gasteiger partial charge in [-0.05, 0) is 54.8 Å². The molecule has 0 atom stereocenters. The molecule has 0 radical (unpaired) electrons. The molecule has 8 heteroatoms. The van der Waals surface area contributed by atoms with Crippen molar-refractivity contribution in [3.63, 3.8) is 0 Å². The van der Waals surface area contributed by atoms with Gasteiger partial charge in [-0.25, -0.2) is 9.37 Å². The first-order valence-electron chi connectivity index (χ1n) is 10.3. The third-order valence-corrected chi connectivity index (χ3v) is 7.10. The minimum atomic E-state index is -0.371. The number of allylic oxidation sites excluding steroid dienone is 1. The second-order valence-corrected chi connectivity index (χ2v) is 9.37. The van der Waals surface area contributed by atoms with Gasteiger partial charge in [0.25, 0.3) is 5.56 Å². The SMILES string of the molecule is C=CCn1c(SCC(=O)Nc2ccc(F)cc2)nc2scc(-c3ccc(C)c(C)c3)c2c1=O. The predicted octanol–water partition coefficient (Wildman–Crippen LogP) is 5.80. The van der Waals surface area contributed by atoms with E-state index in [9.17, 15) is 14.0 Å². The van der Waals surface area contributed by atoms with Gasteiger partial charge in [0.2, 0.25) is 5.91 Å². The summed E-state index contributed by atoms with van der Waals surface area (Å²) in [5, 5.41) is 5.70. The maximum absolute atomic E-state index is 13.4. The van der Waals surface area contributed by atoms with Crippen LogP contribution in [0.3, 0.4) is 0 Å². The van der Waals surface area contributed by atoms with Crippen molar-refractivity contribution in [2.24, 2.45) is 0 Å². The van der Waals surface area contributed by atoms with Crippen LogP contribution in [0, 0.1) is 19.7 Å². The van der Waals surface area contributed by atoms with Crippen LogP contribution in [0.5, 0.6) is 0 Å². The second-order valence-electron chi connectivity index (χ2n) is 7.57.